The summed E-state index contributed by atoms with van der Waals surface area (Å²) in [6, 6.07) is 6.89. The van der Waals surface area contributed by atoms with Gasteiger partial charge in [-0.2, -0.15) is 0 Å². The van der Waals surface area contributed by atoms with E-state index in [2.05, 4.69) is 5.32 Å². The molecule has 0 radical (unpaired) electrons. The molecule has 1 N–H and O–H groups in total. The Bertz CT molecular complexity index is 554. The molecular formula is C16H20N2O5. The van der Waals surface area contributed by atoms with Gasteiger partial charge >= 0.3 is 6.03 Å². The number of hydrogen-bond donors (Lipinski definition) is 1. The summed E-state index contributed by atoms with van der Waals surface area (Å²) in [6.07, 6.45) is 1.89. The van der Waals surface area contributed by atoms with Gasteiger partial charge in [0, 0.05) is 25.1 Å². The SMILES string of the molecule is O=C1CCN(c2ccc(OCCCC3OCCO3)cc2)C(=O)N1. The van der Waals surface area contributed by atoms with Gasteiger partial charge in [-0.25, -0.2) is 4.79 Å². The molecular weight excluding hydrogens is 300 g/mol. The summed E-state index contributed by atoms with van der Waals surface area (Å²) in [5.74, 6) is 0.511. The van der Waals surface area contributed by atoms with Crippen LogP contribution in [0.25, 0.3) is 0 Å². The van der Waals surface area contributed by atoms with Gasteiger partial charge in [0.1, 0.15) is 5.75 Å². The molecule has 1 aromatic carbocycles. The molecule has 7 nitrogen and oxygen atoms in total. The topological polar surface area (TPSA) is 77.1 Å². The van der Waals surface area contributed by atoms with Crippen LogP contribution < -0.4 is 15.0 Å². The van der Waals surface area contributed by atoms with Crippen LogP contribution in [0.3, 0.4) is 0 Å². The highest BCUT2D eigenvalue weighted by atomic mass is 16.7. The van der Waals surface area contributed by atoms with Gasteiger partial charge in [-0.3, -0.25) is 15.0 Å². The predicted octanol–water partition coefficient (Wildman–Crippen LogP) is 1.66. The lowest BCUT2D eigenvalue weighted by Crippen LogP contribution is -2.49. The van der Waals surface area contributed by atoms with Crippen molar-refractivity contribution in [2.75, 3.05) is 31.3 Å². The predicted molar refractivity (Wildman–Crippen MR) is 82.4 cm³/mol. The van der Waals surface area contributed by atoms with E-state index in [-0.39, 0.29) is 18.2 Å². The number of ether oxygens (including phenoxy) is 3. The van der Waals surface area contributed by atoms with Crippen molar-refractivity contribution >= 4 is 17.6 Å². The lowest BCUT2D eigenvalue weighted by Gasteiger charge is -2.26. The number of anilines is 1. The molecule has 124 valence electrons. The average Bonchev–Trinajstić information content (AvgIpc) is 3.06. The molecule has 0 unspecified atom stereocenters. The van der Waals surface area contributed by atoms with Crippen LogP contribution in [0.4, 0.5) is 10.5 Å². The van der Waals surface area contributed by atoms with Gasteiger partial charge in [-0.15, -0.1) is 0 Å². The van der Waals surface area contributed by atoms with E-state index in [9.17, 15) is 9.59 Å². The molecule has 3 amide bonds. The molecule has 23 heavy (non-hydrogen) atoms. The first kappa shape index (κ1) is 15.8. The Morgan fingerprint density at radius 3 is 2.61 bits per heavy atom. The first-order valence-corrected chi connectivity index (χ1v) is 7.80. The quantitative estimate of drug-likeness (QED) is 0.807. The Labute approximate surface area is 134 Å². The summed E-state index contributed by atoms with van der Waals surface area (Å²) >= 11 is 0. The Morgan fingerprint density at radius 1 is 1.17 bits per heavy atom. The Balaban J connectivity index is 1.45. The molecule has 0 aromatic heterocycles. The number of imide groups is 1. The fraction of sp³-hybridized carbons (Fsp3) is 0.500. The summed E-state index contributed by atoms with van der Waals surface area (Å²) in [5.41, 5.74) is 0.745. The van der Waals surface area contributed by atoms with Gasteiger partial charge in [0.15, 0.2) is 6.29 Å². The maximum Gasteiger partial charge on any atom is 0.328 e. The Morgan fingerprint density at radius 2 is 1.91 bits per heavy atom. The summed E-state index contributed by atoms with van der Waals surface area (Å²) in [5, 5.41) is 2.30. The van der Waals surface area contributed by atoms with Gasteiger partial charge < -0.3 is 14.2 Å². The van der Waals surface area contributed by atoms with E-state index < -0.39 is 0 Å². The molecule has 2 heterocycles. The van der Waals surface area contributed by atoms with Gasteiger partial charge in [-0.05, 0) is 30.7 Å². The van der Waals surface area contributed by atoms with Gasteiger partial charge in [0.25, 0.3) is 0 Å². The third-order valence-corrected chi connectivity index (χ3v) is 3.75. The Kier molecular flexibility index (Phi) is 5.09. The van der Waals surface area contributed by atoms with Crippen molar-refractivity contribution in [2.24, 2.45) is 0 Å². The molecule has 2 aliphatic rings. The zero-order valence-electron chi connectivity index (χ0n) is 12.8. The maximum absolute atomic E-state index is 11.8. The maximum atomic E-state index is 11.8. The number of carbonyl (C=O) groups is 2. The molecule has 2 fully saturated rings. The second-order valence-electron chi connectivity index (χ2n) is 5.41. The normalized spacial score (nSPS) is 19.0. The number of rotatable bonds is 6. The van der Waals surface area contributed by atoms with Crippen molar-refractivity contribution in [2.45, 2.75) is 25.6 Å². The summed E-state index contributed by atoms with van der Waals surface area (Å²) in [4.78, 5) is 24.5. The van der Waals surface area contributed by atoms with Crippen molar-refractivity contribution in [1.29, 1.82) is 0 Å². The second kappa shape index (κ2) is 7.43. The lowest BCUT2D eigenvalue weighted by molar-refractivity contribution is -0.120. The van der Waals surface area contributed by atoms with Crippen molar-refractivity contribution in [1.82, 2.24) is 5.32 Å². The van der Waals surface area contributed by atoms with E-state index in [1.165, 1.54) is 0 Å². The number of amides is 3. The van der Waals surface area contributed by atoms with Gasteiger partial charge in [-0.1, -0.05) is 0 Å². The van der Waals surface area contributed by atoms with Crippen LogP contribution in [0.1, 0.15) is 19.3 Å². The largest absolute Gasteiger partial charge is 0.494 e. The van der Waals surface area contributed by atoms with Crippen LogP contribution in [0.5, 0.6) is 5.75 Å². The van der Waals surface area contributed by atoms with Crippen LogP contribution in [0.2, 0.25) is 0 Å². The molecule has 1 aromatic rings. The van der Waals surface area contributed by atoms with E-state index in [0.717, 1.165) is 24.3 Å². The van der Waals surface area contributed by atoms with E-state index in [1.54, 1.807) is 4.90 Å². The van der Waals surface area contributed by atoms with Crippen molar-refractivity contribution < 1.29 is 23.8 Å². The van der Waals surface area contributed by atoms with E-state index in [0.29, 0.717) is 32.8 Å². The van der Waals surface area contributed by atoms with Gasteiger partial charge in [0.05, 0.1) is 19.8 Å². The standard InChI is InChI=1S/C16H20N2O5/c19-14-7-8-18(16(20)17-14)12-3-5-13(6-4-12)21-9-1-2-15-22-10-11-23-15/h3-6,15H,1-2,7-11H2,(H,17,19,20). The zero-order chi connectivity index (χ0) is 16.1. The summed E-state index contributed by atoms with van der Waals surface area (Å²) < 4.78 is 16.4. The number of hydrogen-bond acceptors (Lipinski definition) is 5. The smallest absolute Gasteiger partial charge is 0.328 e. The zero-order valence-corrected chi connectivity index (χ0v) is 12.8. The van der Waals surface area contributed by atoms with Crippen molar-refractivity contribution in [3.05, 3.63) is 24.3 Å². The van der Waals surface area contributed by atoms with Crippen LogP contribution >= 0.6 is 0 Å². The second-order valence-corrected chi connectivity index (χ2v) is 5.41. The first-order valence-electron chi connectivity index (χ1n) is 7.80. The van der Waals surface area contributed by atoms with Crippen molar-refractivity contribution in [3.8, 4) is 5.75 Å². The number of nitrogens with one attached hydrogen (secondary N) is 1. The average molecular weight is 320 g/mol. The third-order valence-electron chi connectivity index (χ3n) is 3.75. The minimum absolute atomic E-state index is 0.0960. The molecule has 0 atom stereocenters. The molecule has 0 spiro atoms. The molecule has 0 aliphatic carbocycles. The molecule has 0 saturated carbocycles. The van der Waals surface area contributed by atoms with Crippen LogP contribution in [0.15, 0.2) is 24.3 Å². The third kappa shape index (κ3) is 4.20. The molecule has 3 rings (SSSR count). The Hall–Kier alpha value is -2.12. The highest BCUT2D eigenvalue weighted by molar-refractivity contribution is 6.05. The van der Waals surface area contributed by atoms with E-state index in [4.69, 9.17) is 14.2 Å². The van der Waals surface area contributed by atoms with Crippen LogP contribution in [-0.2, 0) is 14.3 Å². The van der Waals surface area contributed by atoms with Crippen LogP contribution in [0, 0.1) is 0 Å². The fourth-order valence-corrected chi connectivity index (χ4v) is 2.55. The first-order chi connectivity index (χ1) is 11.2. The lowest BCUT2D eigenvalue weighted by atomic mass is 10.2. The molecule has 7 heteroatoms. The minimum Gasteiger partial charge on any atom is -0.494 e. The summed E-state index contributed by atoms with van der Waals surface area (Å²) in [6.45, 7) is 2.32. The fourth-order valence-electron chi connectivity index (χ4n) is 2.55. The number of carbonyl (C=O) groups excluding carboxylic acids is 2. The van der Waals surface area contributed by atoms with Crippen molar-refractivity contribution in [3.63, 3.8) is 0 Å². The minimum atomic E-state index is -0.383. The highest BCUT2D eigenvalue weighted by Crippen LogP contribution is 2.21. The monoisotopic (exact) mass is 320 g/mol. The highest BCUT2D eigenvalue weighted by Gasteiger charge is 2.24. The van der Waals surface area contributed by atoms with E-state index >= 15 is 0 Å². The number of benzene rings is 1. The molecule has 2 aliphatic heterocycles. The van der Waals surface area contributed by atoms with E-state index in [1.807, 2.05) is 24.3 Å². The molecule has 0 bridgehead atoms. The number of urea groups is 1. The summed E-state index contributed by atoms with van der Waals surface area (Å²) in [7, 11) is 0. The van der Waals surface area contributed by atoms with Crippen LogP contribution in [-0.4, -0.2) is 44.6 Å². The number of nitrogens with zero attached hydrogens (tertiary/aromatic N) is 1. The molecule has 2 saturated heterocycles. The van der Waals surface area contributed by atoms with Gasteiger partial charge in [0.2, 0.25) is 5.91 Å².